The number of amides is 3. The first-order valence-corrected chi connectivity index (χ1v) is 15.8. The predicted molar refractivity (Wildman–Crippen MR) is 173 cm³/mol. The quantitative estimate of drug-likeness (QED) is 0.154. The van der Waals surface area contributed by atoms with Gasteiger partial charge in [-0.2, -0.15) is 0 Å². The lowest BCUT2D eigenvalue weighted by Gasteiger charge is -2.34. The van der Waals surface area contributed by atoms with E-state index in [0.717, 1.165) is 49.7 Å². The van der Waals surface area contributed by atoms with Crippen molar-refractivity contribution in [2.24, 2.45) is 22.4 Å². The molecule has 1 aliphatic carbocycles. The van der Waals surface area contributed by atoms with Gasteiger partial charge in [0, 0.05) is 22.5 Å². The van der Waals surface area contributed by atoms with Crippen LogP contribution >= 0.6 is 11.6 Å². The van der Waals surface area contributed by atoms with Gasteiger partial charge in [-0.25, -0.2) is 4.99 Å². The number of carbonyl (C=O) groups excluding carboxylic acids is 3. The SMILES string of the molecule is CCCCC(NC(=O)c1ccc(CN=C(N)N)cc1)C(=O)N[C@@H](CC(C)C)C(=O)NC1CCCCC1c1cccc(Cl)c1. The standard InChI is InChI=1S/C33H47ClN6O3/c1-4-5-12-28(39-30(41)23-16-14-22(15-17-23)20-37-33(35)36)31(42)40-29(18-21(2)3)32(43)38-27-13-7-6-11-26(27)24-9-8-10-25(34)19-24/h8-10,14-17,19,21,26-29H,4-7,11-13,18,20H2,1-3H3,(H,38,43)(H,39,41)(H,40,42)(H4,35,36,37)/t26?,27?,28?,29-/m0/s1. The fourth-order valence-corrected chi connectivity index (χ4v) is 5.76. The lowest BCUT2D eigenvalue weighted by Crippen LogP contribution is -2.56. The Morgan fingerprint density at radius 1 is 0.977 bits per heavy atom. The first-order chi connectivity index (χ1) is 20.6. The first-order valence-electron chi connectivity index (χ1n) is 15.4. The van der Waals surface area contributed by atoms with Crippen molar-refractivity contribution in [1.29, 1.82) is 0 Å². The van der Waals surface area contributed by atoms with E-state index in [2.05, 4.69) is 27.0 Å². The second kappa shape index (κ2) is 16.9. The molecule has 3 amide bonds. The van der Waals surface area contributed by atoms with E-state index in [-0.39, 0.29) is 41.6 Å². The Hall–Kier alpha value is -3.59. The van der Waals surface area contributed by atoms with Crippen LogP contribution in [0.3, 0.4) is 0 Å². The largest absolute Gasteiger partial charge is 0.370 e. The summed E-state index contributed by atoms with van der Waals surface area (Å²) in [5, 5.41) is 9.81. The van der Waals surface area contributed by atoms with Crippen molar-refractivity contribution in [1.82, 2.24) is 16.0 Å². The number of nitrogens with one attached hydrogen (secondary N) is 3. The zero-order valence-electron chi connectivity index (χ0n) is 25.6. The molecule has 2 aromatic rings. The summed E-state index contributed by atoms with van der Waals surface area (Å²) >= 11 is 6.28. The third kappa shape index (κ3) is 10.9. The number of aliphatic imine (C=N–C) groups is 1. The molecule has 7 N–H and O–H groups in total. The van der Waals surface area contributed by atoms with Crippen molar-refractivity contribution < 1.29 is 14.4 Å². The van der Waals surface area contributed by atoms with E-state index in [4.69, 9.17) is 23.1 Å². The van der Waals surface area contributed by atoms with Crippen molar-refractivity contribution >= 4 is 35.3 Å². The molecule has 9 nitrogen and oxygen atoms in total. The van der Waals surface area contributed by atoms with E-state index in [1.807, 2.05) is 39.0 Å². The fourth-order valence-electron chi connectivity index (χ4n) is 5.56. The third-order valence-electron chi connectivity index (χ3n) is 7.84. The van der Waals surface area contributed by atoms with Crippen molar-refractivity contribution in [3.05, 3.63) is 70.2 Å². The molecule has 0 aromatic heterocycles. The Bertz CT molecular complexity index is 1250. The van der Waals surface area contributed by atoms with Gasteiger partial charge >= 0.3 is 0 Å². The van der Waals surface area contributed by atoms with E-state index in [1.165, 1.54) is 0 Å². The van der Waals surface area contributed by atoms with Crippen molar-refractivity contribution in [2.75, 3.05) is 0 Å². The minimum atomic E-state index is -0.773. The Balaban J connectivity index is 1.70. The van der Waals surface area contributed by atoms with Crippen LogP contribution in [0.4, 0.5) is 0 Å². The summed E-state index contributed by atoms with van der Waals surface area (Å²) in [6, 6.07) is 13.2. The molecule has 4 atom stereocenters. The highest BCUT2D eigenvalue weighted by Crippen LogP contribution is 2.34. The molecule has 1 fully saturated rings. The second-order valence-electron chi connectivity index (χ2n) is 11.9. The number of rotatable bonds is 14. The lowest BCUT2D eigenvalue weighted by molar-refractivity contribution is -0.131. The minimum absolute atomic E-state index is 0.00397. The van der Waals surface area contributed by atoms with Crippen LogP contribution in [0, 0.1) is 5.92 Å². The molecule has 0 radical (unpaired) electrons. The highest BCUT2D eigenvalue weighted by molar-refractivity contribution is 6.30. The van der Waals surface area contributed by atoms with Crippen LogP contribution in [0.1, 0.15) is 99.5 Å². The van der Waals surface area contributed by atoms with Crippen LogP contribution in [-0.2, 0) is 16.1 Å². The Kier molecular flexibility index (Phi) is 13.3. The number of hydrogen-bond acceptors (Lipinski definition) is 4. The first kappa shape index (κ1) is 33.9. The van der Waals surface area contributed by atoms with Gasteiger partial charge < -0.3 is 27.4 Å². The summed E-state index contributed by atoms with van der Waals surface area (Å²) in [5.41, 5.74) is 13.2. The zero-order valence-corrected chi connectivity index (χ0v) is 26.3. The van der Waals surface area contributed by atoms with Crippen molar-refractivity contribution in [3.63, 3.8) is 0 Å². The maximum atomic E-state index is 13.7. The van der Waals surface area contributed by atoms with Crippen LogP contribution in [0.5, 0.6) is 0 Å². The molecule has 1 aliphatic rings. The monoisotopic (exact) mass is 610 g/mol. The van der Waals surface area contributed by atoms with E-state index in [0.29, 0.717) is 30.0 Å². The molecule has 3 rings (SSSR count). The molecule has 3 unspecified atom stereocenters. The minimum Gasteiger partial charge on any atom is -0.370 e. The van der Waals surface area contributed by atoms with Gasteiger partial charge in [-0.05, 0) is 67.0 Å². The normalized spacial score (nSPS) is 17.9. The predicted octanol–water partition coefficient (Wildman–Crippen LogP) is 4.78. The van der Waals surface area contributed by atoms with Crippen LogP contribution < -0.4 is 27.4 Å². The van der Waals surface area contributed by atoms with Gasteiger partial charge in [0.15, 0.2) is 5.96 Å². The number of guanidine groups is 1. The van der Waals surface area contributed by atoms with Gasteiger partial charge in [0.25, 0.3) is 5.91 Å². The van der Waals surface area contributed by atoms with Crippen LogP contribution in [-0.4, -0.2) is 41.8 Å². The Labute approximate surface area is 260 Å². The van der Waals surface area contributed by atoms with Crippen molar-refractivity contribution in [3.8, 4) is 0 Å². The average molecular weight is 611 g/mol. The van der Waals surface area contributed by atoms with Gasteiger partial charge in [0.2, 0.25) is 11.8 Å². The topological polar surface area (TPSA) is 152 Å². The smallest absolute Gasteiger partial charge is 0.251 e. The summed E-state index contributed by atoms with van der Waals surface area (Å²) in [5.74, 6) is -0.585. The van der Waals surface area contributed by atoms with Crippen LogP contribution in [0.25, 0.3) is 0 Å². The lowest BCUT2D eigenvalue weighted by atomic mass is 9.80. The maximum Gasteiger partial charge on any atom is 0.251 e. The van der Waals surface area contributed by atoms with E-state index >= 15 is 0 Å². The Morgan fingerprint density at radius 2 is 1.70 bits per heavy atom. The molecule has 234 valence electrons. The van der Waals surface area contributed by atoms with Gasteiger partial charge in [-0.15, -0.1) is 0 Å². The molecule has 0 spiro atoms. The number of hydrogen-bond donors (Lipinski definition) is 5. The van der Waals surface area contributed by atoms with Gasteiger partial charge in [0.1, 0.15) is 12.1 Å². The third-order valence-corrected chi connectivity index (χ3v) is 8.07. The molecular formula is C33H47ClN6O3. The maximum absolute atomic E-state index is 13.7. The van der Waals surface area contributed by atoms with Gasteiger partial charge in [0.05, 0.1) is 6.54 Å². The number of benzene rings is 2. The van der Waals surface area contributed by atoms with E-state index < -0.39 is 12.1 Å². The zero-order chi connectivity index (χ0) is 31.4. The molecule has 2 aromatic carbocycles. The fraction of sp³-hybridized carbons (Fsp3) is 0.515. The van der Waals surface area contributed by atoms with E-state index in [1.54, 1.807) is 24.3 Å². The molecule has 1 saturated carbocycles. The number of unbranched alkanes of at least 4 members (excludes halogenated alkanes) is 1. The molecule has 43 heavy (non-hydrogen) atoms. The molecule has 0 bridgehead atoms. The molecule has 0 heterocycles. The summed E-state index contributed by atoms with van der Waals surface area (Å²) in [7, 11) is 0. The number of nitrogens with zero attached hydrogens (tertiary/aromatic N) is 1. The van der Waals surface area contributed by atoms with E-state index in [9.17, 15) is 14.4 Å². The van der Waals surface area contributed by atoms with Gasteiger partial charge in [-0.1, -0.05) is 82.3 Å². The average Bonchev–Trinajstić information content (AvgIpc) is 2.98. The van der Waals surface area contributed by atoms with Gasteiger partial charge in [-0.3, -0.25) is 14.4 Å². The second-order valence-corrected chi connectivity index (χ2v) is 12.3. The molecule has 10 heteroatoms. The number of nitrogens with two attached hydrogens (primary N) is 2. The summed E-state index contributed by atoms with van der Waals surface area (Å²) < 4.78 is 0. The summed E-state index contributed by atoms with van der Waals surface area (Å²) in [6.07, 6.45) is 6.51. The van der Waals surface area contributed by atoms with Crippen molar-refractivity contribution in [2.45, 2.75) is 103 Å². The van der Waals surface area contributed by atoms with Crippen LogP contribution in [0.2, 0.25) is 5.02 Å². The summed E-state index contributed by atoms with van der Waals surface area (Å²) in [4.78, 5) is 44.3. The number of halogens is 1. The van der Waals surface area contributed by atoms with Crippen LogP contribution in [0.15, 0.2) is 53.5 Å². The molecule has 0 saturated heterocycles. The Morgan fingerprint density at radius 3 is 2.35 bits per heavy atom. The highest BCUT2D eigenvalue weighted by atomic mass is 35.5. The highest BCUT2D eigenvalue weighted by Gasteiger charge is 2.32. The summed E-state index contributed by atoms with van der Waals surface area (Å²) in [6.45, 7) is 6.39. The molecule has 0 aliphatic heterocycles. The number of carbonyl (C=O) groups is 3. The molecular weight excluding hydrogens is 564 g/mol.